The molecule has 3 aliphatic rings. The molecule has 5 rings (SSSR count). The van der Waals surface area contributed by atoms with Gasteiger partial charge in [0.2, 0.25) is 18.2 Å². The van der Waals surface area contributed by atoms with Crippen LogP contribution < -0.4 is 20.9 Å². The highest BCUT2D eigenvalue weighted by Crippen LogP contribution is 2.46. The molecule has 2 aromatic rings. The largest absolute Gasteiger partial charge is 0.465 e. The molecule has 3 atom stereocenters. The number of nitrogens with zero attached hydrogens (tertiary/aromatic N) is 2. The topological polar surface area (TPSA) is 183 Å². The molecule has 0 spiro atoms. The van der Waals surface area contributed by atoms with Crippen LogP contribution in [0.15, 0.2) is 41.2 Å². The van der Waals surface area contributed by atoms with Crippen LogP contribution in [-0.4, -0.2) is 92.8 Å². The highest BCUT2D eigenvalue weighted by atomic mass is 32.2. The van der Waals surface area contributed by atoms with Crippen LogP contribution in [-0.2, 0) is 25.0 Å². The Kier molecular flexibility index (Phi) is 17.6. The number of benzene rings is 1. The third-order valence-electron chi connectivity index (χ3n) is 9.10. The second kappa shape index (κ2) is 21.4. The van der Waals surface area contributed by atoms with Crippen LogP contribution in [0.25, 0.3) is 11.0 Å². The van der Waals surface area contributed by atoms with Gasteiger partial charge in [0, 0.05) is 17.2 Å². The first kappa shape index (κ1) is 46.2. The quantitative estimate of drug-likeness (QED) is 0.0850. The number of H-pyrrole nitrogens is 1. The Morgan fingerprint density at radius 3 is 2.34 bits per heavy atom. The lowest BCUT2D eigenvalue weighted by atomic mass is 10.0. The van der Waals surface area contributed by atoms with Crippen LogP contribution in [0, 0.1) is 11.8 Å². The summed E-state index contributed by atoms with van der Waals surface area (Å²) >= 11 is 1.16. The van der Waals surface area contributed by atoms with E-state index in [4.69, 9.17) is 9.84 Å². The second-order valence-corrected chi connectivity index (χ2v) is 16.4. The zero-order valence-electron chi connectivity index (χ0n) is 32.4. The molecular weight excluding hydrogens is 761 g/mol. The normalized spacial score (nSPS) is 18.8. The Balaban J connectivity index is 0.000000279. The summed E-state index contributed by atoms with van der Waals surface area (Å²) in [5.41, 5.74) is -0.911. The van der Waals surface area contributed by atoms with Gasteiger partial charge in [0.1, 0.15) is 18.6 Å². The van der Waals surface area contributed by atoms with Crippen molar-refractivity contribution >= 4 is 46.8 Å². The number of halogens is 4. The summed E-state index contributed by atoms with van der Waals surface area (Å²) in [4.78, 5) is 67.2. The van der Waals surface area contributed by atoms with E-state index in [9.17, 15) is 41.5 Å². The van der Waals surface area contributed by atoms with Crippen molar-refractivity contribution in [2.75, 3.05) is 19.7 Å². The highest BCUT2D eigenvalue weighted by molar-refractivity contribution is 7.99. The molecule has 2 saturated carbocycles. The Bertz CT molecular complexity index is 1720. The number of nitrogens with one attached hydrogen (secondary N) is 4. The molecule has 1 aromatic heterocycles. The van der Waals surface area contributed by atoms with Crippen molar-refractivity contribution in [3.63, 3.8) is 0 Å². The number of ether oxygens (including phenoxy) is 1. The lowest BCUT2D eigenvalue weighted by Crippen LogP contribution is -2.56. The minimum Gasteiger partial charge on any atom is -0.465 e. The van der Waals surface area contributed by atoms with Gasteiger partial charge in [-0.1, -0.05) is 58.7 Å². The number of carboxylic acid groups (broad SMARTS) is 1. The van der Waals surface area contributed by atoms with Gasteiger partial charge in [-0.2, -0.15) is 8.78 Å². The summed E-state index contributed by atoms with van der Waals surface area (Å²) in [6, 6.07) is 4.20. The summed E-state index contributed by atoms with van der Waals surface area (Å²) in [6.07, 6.45) is 4.75. The molecule has 13 nitrogen and oxygen atoms in total. The number of likely N-dealkylation sites (tertiary alicyclic amines) is 1. The molecule has 0 radical (unpaired) electrons. The summed E-state index contributed by atoms with van der Waals surface area (Å²) in [6.45, 7) is 9.48. The molecule has 0 bridgehead atoms. The lowest BCUT2D eigenvalue weighted by molar-refractivity contribution is -0.139. The van der Waals surface area contributed by atoms with Crippen LogP contribution in [0.3, 0.4) is 0 Å². The molecule has 18 heteroatoms. The van der Waals surface area contributed by atoms with Crippen molar-refractivity contribution in [2.45, 2.75) is 121 Å². The first-order valence-electron chi connectivity index (χ1n) is 18.8. The fourth-order valence-electron chi connectivity index (χ4n) is 5.71. The van der Waals surface area contributed by atoms with E-state index >= 15 is 0 Å². The van der Waals surface area contributed by atoms with Crippen LogP contribution in [0.4, 0.5) is 22.4 Å². The molecule has 5 N–H and O–H groups in total. The van der Waals surface area contributed by atoms with E-state index in [1.165, 1.54) is 17.9 Å². The molecule has 56 heavy (non-hydrogen) atoms. The molecular formula is C38H54F4N6O7S. The van der Waals surface area contributed by atoms with Gasteiger partial charge in [-0.3, -0.25) is 23.9 Å². The Morgan fingerprint density at radius 2 is 1.73 bits per heavy atom. The fraction of sp³-hybridized carbons (Fsp3) is 0.632. The van der Waals surface area contributed by atoms with E-state index in [1.54, 1.807) is 24.3 Å². The van der Waals surface area contributed by atoms with Crippen LogP contribution in [0.5, 0.6) is 0 Å². The number of para-hydroxylation sites is 2. The number of alkyl halides is 4. The van der Waals surface area contributed by atoms with Crippen LogP contribution in [0.2, 0.25) is 0 Å². The van der Waals surface area contributed by atoms with E-state index in [0.717, 1.165) is 56.4 Å². The summed E-state index contributed by atoms with van der Waals surface area (Å²) in [7, 11) is 0. The number of aromatic amines is 1. The maximum absolute atomic E-state index is 14.2. The molecule has 1 saturated heterocycles. The predicted octanol–water partition coefficient (Wildman–Crippen LogP) is 6.14. The Labute approximate surface area is 328 Å². The van der Waals surface area contributed by atoms with Gasteiger partial charge in [0.15, 0.2) is 5.69 Å². The molecule has 1 aliphatic heterocycles. The van der Waals surface area contributed by atoms with Crippen molar-refractivity contribution in [3.05, 3.63) is 52.5 Å². The first-order valence-corrected chi connectivity index (χ1v) is 19.6. The van der Waals surface area contributed by atoms with E-state index in [0.29, 0.717) is 30.0 Å². The number of hydrogen-bond acceptors (Lipinski definition) is 8. The molecule has 2 aliphatic carbocycles. The number of allylic oxidation sites excluding steroid dienone is 1. The molecule has 1 aromatic carbocycles. The minimum absolute atomic E-state index is 0.107. The number of carbonyl (C=O) groups is 4. The van der Waals surface area contributed by atoms with E-state index < -0.39 is 72.0 Å². The van der Waals surface area contributed by atoms with Crippen LogP contribution >= 0.6 is 11.9 Å². The molecule has 3 fully saturated rings. The summed E-state index contributed by atoms with van der Waals surface area (Å²) < 4.78 is 62.9. The SMILES string of the molecule is CC(C)C.C[C@@H](C(F)F)C(NC(=O)C1CCCN1C(=O)CNC(=O)O)C(=O)NSC1(C)CC1.O=c1[nH]c2ccccc2nc1C(F)(F)/C=C/COC1CCCC1. The van der Waals surface area contributed by atoms with E-state index in [1.807, 2.05) is 12.2 Å². The predicted molar refractivity (Wildman–Crippen MR) is 205 cm³/mol. The number of carbonyl (C=O) groups excluding carboxylic acids is 3. The molecule has 312 valence electrons. The zero-order valence-corrected chi connectivity index (χ0v) is 33.2. The van der Waals surface area contributed by atoms with Gasteiger partial charge >= 0.3 is 12.0 Å². The number of rotatable bonds is 14. The minimum atomic E-state index is -3.43. The number of fused-ring (bicyclic) bond motifs is 1. The summed E-state index contributed by atoms with van der Waals surface area (Å²) in [5, 5.41) is 12.9. The second-order valence-electron chi connectivity index (χ2n) is 15.0. The van der Waals surface area contributed by atoms with Crippen molar-refractivity contribution in [1.82, 2.24) is 30.2 Å². The number of hydrogen-bond donors (Lipinski definition) is 5. The van der Waals surface area contributed by atoms with Gasteiger partial charge in [-0.05, 0) is 81.5 Å². The van der Waals surface area contributed by atoms with Crippen molar-refractivity contribution in [2.24, 2.45) is 11.8 Å². The third kappa shape index (κ3) is 14.7. The maximum Gasteiger partial charge on any atom is 0.405 e. The average molecular weight is 815 g/mol. The monoisotopic (exact) mass is 814 g/mol. The molecule has 2 heterocycles. The fourth-order valence-corrected chi connectivity index (χ4v) is 6.49. The standard InChI is InChI=1S/C17H26F2N4O5S.C17H18F2N2O2.C4H10/c1-9(13(18)19)12(15(26)22-29-17(2)5-6-17)21-14(25)10-4-3-7-23(10)11(24)8-20-16(27)28;18-17(19,10-5-11-23-12-6-1-2-7-12)15-16(22)21-14-9-4-3-8-13(14)20-15;1-4(2)3/h9-10,12-13,20H,3-8H2,1-2H3,(H,21,25)(H,22,26)(H,27,28);3-5,8-10,12H,1-2,6-7,11H2,(H,21,22);4H,1-3H3/b;10-5+;/t9-,10?,12?;;/m1../s1. The van der Waals surface area contributed by atoms with Gasteiger partial charge < -0.3 is 30.4 Å². The van der Waals surface area contributed by atoms with Gasteiger partial charge in [0.25, 0.3) is 11.5 Å². The number of amides is 4. The van der Waals surface area contributed by atoms with Crippen molar-refractivity contribution in [3.8, 4) is 0 Å². The third-order valence-corrected chi connectivity index (χ3v) is 10.3. The van der Waals surface area contributed by atoms with Crippen molar-refractivity contribution in [1.29, 1.82) is 0 Å². The van der Waals surface area contributed by atoms with Gasteiger partial charge in [-0.15, -0.1) is 0 Å². The first-order chi connectivity index (χ1) is 26.3. The smallest absolute Gasteiger partial charge is 0.405 e. The Hall–Kier alpha value is -4.19. The number of aromatic nitrogens is 2. The van der Waals surface area contributed by atoms with Crippen molar-refractivity contribution < 1.29 is 46.6 Å². The van der Waals surface area contributed by atoms with E-state index in [2.05, 4.69) is 40.8 Å². The lowest BCUT2D eigenvalue weighted by Gasteiger charge is -2.28. The van der Waals surface area contributed by atoms with Gasteiger partial charge in [0.05, 0.1) is 23.7 Å². The maximum atomic E-state index is 14.2. The van der Waals surface area contributed by atoms with E-state index in [-0.39, 0.29) is 24.0 Å². The molecule has 2 unspecified atom stereocenters. The van der Waals surface area contributed by atoms with Crippen LogP contribution in [0.1, 0.15) is 91.7 Å². The Morgan fingerprint density at radius 1 is 1.09 bits per heavy atom. The average Bonchev–Trinajstić information content (AvgIpc) is 3.48. The summed E-state index contributed by atoms with van der Waals surface area (Å²) in [5.74, 6) is -6.04. The molecule has 4 amide bonds. The highest BCUT2D eigenvalue weighted by Gasteiger charge is 2.42. The van der Waals surface area contributed by atoms with Gasteiger partial charge in [-0.25, -0.2) is 18.6 Å². The zero-order chi connectivity index (χ0) is 41.6.